The molecule has 0 unspecified atom stereocenters. The third-order valence-corrected chi connectivity index (χ3v) is 13.5. The smallest absolute Gasteiger partial charge is 0.309 e. The molecular weight excluding hydrogens is 1260 g/mol. The summed E-state index contributed by atoms with van der Waals surface area (Å²) in [5, 5.41) is 40.8. The van der Waals surface area contributed by atoms with Crippen molar-refractivity contribution in [3.63, 3.8) is 0 Å². The summed E-state index contributed by atoms with van der Waals surface area (Å²) < 4.78 is 53.0. The number of nitrogens with two attached hydrogens (primary N) is 1. The van der Waals surface area contributed by atoms with E-state index in [2.05, 4.69) is 72.4 Å². The summed E-state index contributed by atoms with van der Waals surface area (Å²) in [6.45, 7) is 4.63. The number of hydroxylamine groups is 1. The molecule has 28 heteroatoms. The molecule has 12 rings (SSSR count). The van der Waals surface area contributed by atoms with Crippen molar-refractivity contribution >= 4 is 134 Å². The molecule has 6 heterocycles. The first-order chi connectivity index (χ1) is 44.9. The predicted molar refractivity (Wildman–Crippen MR) is 346 cm³/mol. The lowest BCUT2D eigenvalue weighted by atomic mass is 10.2. The van der Waals surface area contributed by atoms with E-state index in [1.54, 1.807) is 81.6 Å². The standard InChI is InChI=1S/C22H21N3O5.C20H18N4O5.C17H13N3O3.C5H9BrO2.H3NO/c1-3-28-21(26)7-9-30-20-11-16-17(12-19(20)27-2)23-13-24-22(16)25-15-4-5-18-14(10-15)6-8-29-18;1-27-17-10-15-14(9-18(17)29-7-5-19(25)24-26)20(22-11-21-15)23-13-2-3-16-12(8-13)4-6-28-16;1-22-16-8-13-12(7-14(16)21)17(19-9-18-13)20-11-2-3-15-10(6-11)4-5-23-15;1-2-8-5(7)3-4-6;1-2/h4-6,8,10-13H,3,7,9H2,1-2H3,(H,23,24,25);2-4,6,8-11,26H,5,7H2,1H3,(H,24,25)(H,21,22,23);2-9,21H,1H3,(H,18,19,20);2-4H2,1H3;2H,1H2. The van der Waals surface area contributed by atoms with Crippen molar-refractivity contribution in [3.05, 3.63) is 147 Å². The molecule has 0 atom stereocenters. The predicted octanol–water partition coefficient (Wildman–Crippen LogP) is 12.4. The lowest BCUT2D eigenvalue weighted by Crippen LogP contribution is -2.20. The Kier molecular flexibility index (Phi) is 24.3. The summed E-state index contributed by atoms with van der Waals surface area (Å²) in [6, 6.07) is 33.3. The molecule has 6 aromatic carbocycles. The van der Waals surface area contributed by atoms with Gasteiger partial charge in [-0.1, -0.05) is 15.9 Å². The molecular formula is C64H64BrN11O16. The van der Waals surface area contributed by atoms with E-state index >= 15 is 0 Å². The number of methoxy groups -OCH3 is 3. The van der Waals surface area contributed by atoms with E-state index in [0.717, 1.165) is 60.7 Å². The summed E-state index contributed by atoms with van der Waals surface area (Å²) in [4.78, 5) is 59.0. The maximum Gasteiger partial charge on any atom is 0.309 e. The fourth-order valence-electron chi connectivity index (χ4n) is 8.85. The van der Waals surface area contributed by atoms with Crippen LogP contribution in [0.25, 0.3) is 65.6 Å². The minimum Gasteiger partial charge on any atom is -0.504 e. The van der Waals surface area contributed by atoms with Crippen molar-refractivity contribution in [2.45, 2.75) is 33.1 Å². The Morgan fingerprint density at radius 3 is 1.25 bits per heavy atom. The van der Waals surface area contributed by atoms with Crippen LogP contribution in [0, 0.1) is 0 Å². The number of rotatable bonds is 21. The Morgan fingerprint density at radius 1 is 0.489 bits per heavy atom. The number of benzene rings is 6. The maximum atomic E-state index is 11.6. The van der Waals surface area contributed by atoms with Crippen molar-refractivity contribution in [2.24, 2.45) is 5.90 Å². The fraction of sp³-hybridized carbons (Fsp3) is 0.203. The number of ether oxygens (including phenoxy) is 7. The quantitative estimate of drug-likeness (QED) is 0.0143. The lowest BCUT2D eigenvalue weighted by Gasteiger charge is -2.14. The normalized spacial score (nSPS) is 10.5. The van der Waals surface area contributed by atoms with Gasteiger partial charge in [-0.15, -0.1) is 0 Å². The van der Waals surface area contributed by atoms with E-state index in [9.17, 15) is 19.5 Å². The monoisotopic (exact) mass is 1320 g/mol. The average molecular weight is 1320 g/mol. The first-order valence-electron chi connectivity index (χ1n) is 28.1. The molecule has 0 aliphatic rings. The third kappa shape index (κ3) is 17.6. The topological polar surface area (TPSA) is 367 Å². The number of hydrogen-bond donors (Lipinski definition) is 8. The highest BCUT2D eigenvalue weighted by atomic mass is 79.9. The van der Waals surface area contributed by atoms with Gasteiger partial charge in [-0.05, 0) is 105 Å². The minimum atomic E-state index is -0.537. The summed E-state index contributed by atoms with van der Waals surface area (Å²) in [7, 11) is 4.58. The van der Waals surface area contributed by atoms with E-state index in [-0.39, 0.29) is 43.7 Å². The molecule has 0 spiro atoms. The van der Waals surface area contributed by atoms with Gasteiger partial charge in [0.25, 0.3) is 0 Å². The molecule has 0 saturated heterocycles. The van der Waals surface area contributed by atoms with Crippen molar-refractivity contribution in [1.29, 1.82) is 0 Å². The van der Waals surface area contributed by atoms with Gasteiger partial charge >= 0.3 is 11.9 Å². The number of carbonyl (C=O) groups excluding carboxylic acids is 3. The number of aromatic nitrogens is 6. The molecule has 0 radical (unpaired) electrons. The van der Waals surface area contributed by atoms with Gasteiger partial charge in [-0.25, -0.2) is 41.3 Å². The molecule has 0 aliphatic carbocycles. The number of halogens is 1. The van der Waals surface area contributed by atoms with Crippen LogP contribution in [-0.4, -0.2) is 116 Å². The number of fused-ring (bicyclic) bond motifs is 6. The molecule has 0 saturated carbocycles. The zero-order chi connectivity index (χ0) is 65.4. The molecule has 92 heavy (non-hydrogen) atoms. The number of phenolic OH excluding ortho intramolecular Hbond substituents is 1. The number of nitrogens with zero attached hydrogens (tertiary/aromatic N) is 6. The number of furan rings is 3. The second kappa shape index (κ2) is 33.5. The van der Waals surface area contributed by atoms with Crippen LogP contribution in [0.5, 0.6) is 34.5 Å². The average Bonchev–Trinajstić information content (AvgIpc) is 1.13. The zero-order valence-electron chi connectivity index (χ0n) is 50.3. The third-order valence-electron chi connectivity index (χ3n) is 13.1. The SMILES string of the molecule is CCOC(=O)CCBr.CCOC(=O)CCOc1cc2c(Nc3ccc4occc4c3)ncnc2cc1OC.COc1cc2ncnc(Nc3ccc4occc4c3)c2cc1O.COc1cc2ncnc(Nc3ccc4occc4c3)c2cc1OCCC(=O)NO.NO. The van der Waals surface area contributed by atoms with Crippen LogP contribution in [0.15, 0.2) is 160 Å². The van der Waals surface area contributed by atoms with Crippen LogP contribution < -0.4 is 51.0 Å². The number of esters is 2. The van der Waals surface area contributed by atoms with Crippen molar-refractivity contribution in [3.8, 4) is 34.5 Å². The number of phenols is 1. The Balaban J connectivity index is 0.000000166. The molecule has 478 valence electrons. The number of anilines is 6. The molecule has 27 nitrogen and oxygen atoms in total. The fourth-order valence-corrected chi connectivity index (χ4v) is 9.17. The van der Waals surface area contributed by atoms with Gasteiger partial charge in [0, 0.05) is 72.9 Å². The Morgan fingerprint density at radius 2 is 0.870 bits per heavy atom. The van der Waals surface area contributed by atoms with Crippen molar-refractivity contribution < 1.29 is 76.3 Å². The highest BCUT2D eigenvalue weighted by molar-refractivity contribution is 9.09. The van der Waals surface area contributed by atoms with E-state index < -0.39 is 5.91 Å². The van der Waals surface area contributed by atoms with Gasteiger partial charge in [0.1, 0.15) is 53.2 Å². The van der Waals surface area contributed by atoms with E-state index in [4.69, 9.17) is 52.1 Å². The van der Waals surface area contributed by atoms with E-state index in [1.807, 2.05) is 72.8 Å². The maximum absolute atomic E-state index is 11.6. The second-order valence-corrected chi connectivity index (χ2v) is 19.7. The molecule has 0 fully saturated rings. The number of hydrogen-bond acceptors (Lipinski definition) is 26. The van der Waals surface area contributed by atoms with E-state index in [1.165, 1.54) is 33.2 Å². The Hall–Kier alpha value is -11.1. The van der Waals surface area contributed by atoms with Gasteiger partial charge in [-0.3, -0.25) is 19.6 Å². The van der Waals surface area contributed by atoms with Crippen LogP contribution in [0.4, 0.5) is 34.5 Å². The first-order valence-corrected chi connectivity index (χ1v) is 29.2. The van der Waals surface area contributed by atoms with Gasteiger partial charge < -0.3 is 72.7 Å². The summed E-state index contributed by atoms with van der Waals surface area (Å²) in [5.74, 6) is 6.71. The molecule has 6 aromatic heterocycles. The Bertz CT molecular complexity index is 4420. The van der Waals surface area contributed by atoms with Gasteiger partial charge in [0.15, 0.2) is 34.5 Å². The van der Waals surface area contributed by atoms with Crippen molar-refractivity contribution in [2.75, 3.05) is 69.0 Å². The number of carbonyl (C=O) groups is 3. The number of amides is 1. The minimum absolute atomic E-state index is 0.00119. The van der Waals surface area contributed by atoms with Crippen LogP contribution in [0.3, 0.4) is 0 Å². The van der Waals surface area contributed by atoms with Crippen LogP contribution in [0.1, 0.15) is 33.1 Å². The second-order valence-electron chi connectivity index (χ2n) is 18.9. The van der Waals surface area contributed by atoms with E-state index in [0.29, 0.717) is 93.1 Å². The molecule has 0 aliphatic heterocycles. The van der Waals surface area contributed by atoms with Gasteiger partial charge in [0.2, 0.25) is 5.91 Å². The van der Waals surface area contributed by atoms with Crippen molar-refractivity contribution in [1.82, 2.24) is 35.4 Å². The lowest BCUT2D eigenvalue weighted by molar-refractivity contribution is -0.144. The molecule has 0 bridgehead atoms. The largest absolute Gasteiger partial charge is 0.504 e. The Labute approximate surface area is 532 Å². The molecule has 9 N–H and O–H groups in total. The first kappa shape index (κ1) is 66.9. The number of nitrogens with one attached hydrogen (secondary N) is 4. The summed E-state index contributed by atoms with van der Waals surface area (Å²) in [5.41, 5.74) is 8.64. The summed E-state index contributed by atoms with van der Waals surface area (Å²) in [6.07, 6.45) is 9.98. The van der Waals surface area contributed by atoms with Crippen LogP contribution in [0.2, 0.25) is 0 Å². The summed E-state index contributed by atoms with van der Waals surface area (Å²) >= 11 is 3.12. The van der Waals surface area contributed by atoms with Gasteiger partial charge in [-0.2, -0.15) is 0 Å². The molecule has 12 aromatic rings. The highest BCUT2D eigenvalue weighted by Crippen LogP contribution is 2.38. The number of aromatic hydroxyl groups is 1. The number of alkyl halides is 1. The molecule has 1 amide bonds. The zero-order valence-corrected chi connectivity index (χ0v) is 51.9. The van der Waals surface area contributed by atoms with Crippen LogP contribution in [-0.2, 0) is 23.9 Å². The van der Waals surface area contributed by atoms with Crippen LogP contribution >= 0.6 is 15.9 Å². The van der Waals surface area contributed by atoms with Gasteiger partial charge in [0.05, 0.1) is 102 Å². The highest BCUT2D eigenvalue weighted by Gasteiger charge is 2.17.